The summed E-state index contributed by atoms with van der Waals surface area (Å²) in [5.74, 6) is -1.98. The Balaban J connectivity index is 0.000000311. The molecule has 0 aliphatic heterocycles. The number of amides is 1. The summed E-state index contributed by atoms with van der Waals surface area (Å²) in [5, 5.41) is 20.2. The van der Waals surface area contributed by atoms with E-state index >= 15 is 0 Å². The standard InChI is InChI=1S/C12H10N4O.C7H12O4/c17-12(11-5-1-2-7-14-11)16-15-9-10-4-3-6-13-8-10;8-6(9)4-2-1-3-5-7(10)11/h1-9H,(H,16,17);1-5H2,(H,8,9)(H,10,11)/b15-9+;. The maximum absolute atomic E-state index is 11.5. The average Bonchev–Trinajstić information content (AvgIpc) is 2.69. The summed E-state index contributed by atoms with van der Waals surface area (Å²) >= 11 is 0. The first-order chi connectivity index (χ1) is 13.5. The normalized spacial score (nSPS) is 10.0. The third-order valence-corrected chi connectivity index (χ3v) is 3.24. The Labute approximate surface area is 162 Å². The Hall–Kier alpha value is -3.62. The fraction of sp³-hybridized carbons (Fsp3) is 0.263. The van der Waals surface area contributed by atoms with Crippen molar-refractivity contribution in [3.63, 3.8) is 0 Å². The van der Waals surface area contributed by atoms with E-state index in [0.29, 0.717) is 25.0 Å². The van der Waals surface area contributed by atoms with Gasteiger partial charge in [-0.1, -0.05) is 18.6 Å². The SMILES string of the molecule is O=C(N/N=C/c1cccnc1)c1ccccn1.O=C(O)CCCCCC(=O)O. The predicted molar refractivity (Wildman–Crippen MR) is 102 cm³/mol. The first kappa shape index (κ1) is 22.4. The van der Waals surface area contributed by atoms with Gasteiger partial charge < -0.3 is 10.2 Å². The number of hydrogen-bond acceptors (Lipinski definition) is 6. The molecule has 2 heterocycles. The largest absolute Gasteiger partial charge is 0.481 e. The molecule has 0 saturated carbocycles. The van der Waals surface area contributed by atoms with Crippen molar-refractivity contribution in [1.82, 2.24) is 15.4 Å². The third kappa shape index (κ3) is 11.1. The molecule has 0 aliphatic rings. The van der Waals surface area contributed by atoms with Crippen molar-refractivity contribution in [1.29, 1.82) is 0 Å². The molecule has 9 heteroatoms. The number of unbranched alkanes of at least 4 members (excludes halogenated alkanes) is 2. The number of carbonyl (C=O) groups is 3. The summed E-state index contributed by atoms with van der Waals surface area (Å²) < 4.78 is 0. The lowest BCUT2D eigenvalue weighted by molar-refractivity contribution is -0.137. The van der Waals surface area contributed by atoms with Crippen molar-refractivity contribution in [3.8, 4) is 0 Å². The molecule has 3 N–H and O–H groups in total. The van der Waals surface area contributed by atoms with E-state index in [1.165, 1.54) is 6.21 Å². The molecule has 2 rings (SSSR count). The zero-order valence-corrected chi connectivity index (χ0v) is 15.2. The Bertz CT molecular complexity index is 750. The summed E-state index contributed by atoms with van der Waals surface area (Å²) in [7, 11) is 0. The van der Waals surface area contributed by atoms with Gasteiger partial charge >= 0.3 is 11.9 Å². The monoisotopic (exact) mass is 386 g/mol. The van der Waals surface area contributed by atoms with Gasteiger partial charge in [-0.15, -0.1) is 0 Å². The maximum Gasteiger partial charge on any atom is 0.303 e. The lowest BCUT2D eigenvalue weighted by Crippen LogP contribution is -2.18. The van der Waals surface area contributed by atoms with Gasteiger partial charge in [-0.2, -0.15) is 5.10 Å². The van der Waals surface area contributed by atoms with Crippen LogP contribution in [0.4, 0.5) is 0 Å². The highest BCUT2D eigenvalue weighted by atomic mass is 16.4. The van der Waals surface area contributed by atoms with Crippen LogP contribution in [0.2, 0.25) is 0 Å². The van der Waals surface area contributed by atoms with Crippen LogP contribution < -0.4 is 5.43 Å². The fourth-order valence-corrected chi connectivity index (χ4v) is 1.90. The number of nitrogens with one attached hydrogen (secondary N) is 1. The Morgan fingerprint density at radius 2 is 1.68 bits per heavy atom. The van der Waals surface area contributed by atoms with Crippen LogP contribution in [-0.4, -0.2) is 44.2 Å². The van der Waals surface area contributed by atoms with Gasteiger partial charge in [0, 0.05) is 37.0 Å². The zero-order valence-electron chi connectivity index (χ0n) is 15.2. The number of carboxylic acids is 2. The van der Waals surface area contributed by atoms with Gasteiger partial charge in [-0.25, -0.2) is 5.43 Å². The van der Waals surface area contributed by atoms with Gasteiger partial charge in [0.15, 0.2) is 0 Å². The number of hydrogen-bond donors (Lipinski definition) is 3. The van der Waals surface area contributed by atoms with E-state index in [1.54, 1.807) is 42.9 Å². The number of nitrogens with zero attached hydrogens (tertiary/aromatic N) is 3. The van der Waals surface area contributed by atoms with Crippen molar-refractivity contribution >= 4 is 24.1 Å². The van der Waals surface area contributed by atoms with Crippen molar-refractivity contribution < 1.29 is 24.6 Å². The molecule has 1 amide bonds. The summed E-state index contributed by atoms with van der Waals surface area (Å²) in [6, 6.07) is 8.74. The van der Waals surface area contributed by atoms with Gasteiger partial charge in [0.25, 0.3) is 5.91 Å². The number of pyridine rings is 2. The minimum absolute atomic E-state index is 0.139. The van der Waals surface area contributed by atoms with Crippen LogP contribution in [0.5, 0.6) is 0 Å². The van der Waals surface area contributed by atoms with E-state index in [0.717, 1.165) is 5.56 Å². The van der Waals surface area contributed by atoms with Crippen molar-refractivity contribution in [3.05, 3.63) is 60.2 Å². The van der Waals surface area contributed by atoms with Gasteiger partial charge in [-0.3, -0.25) is 24.4 Å². The maximum atomic E-state index is 11.5. The van der Waals surface area contributed by atoms with Gasteiger partial charge in [0.2, 0.25) is 0 Å². The lowest BCUT2D eigenvalue weighted by atomic mass is 10.1. The van der Waals surface area contributed by atoms with Crippen LogP contribution in [-0.2, 0) is 9.59 Å². The molecule has 0 atom stereocenters. The van der Waals surface area contributed by atoms with Crippen LogP contribution in [0, 0.1) is 0 Å². The molecule has 9 nitrogen and oxygen atoms in total. The molecule has 0 unspecified atom stereocenters. The number of hydrazone groups is 1. The molecule has 0 spiro atoms. The average molecular weight is 386 g/mol. The lowest BCUT2D eigenvalue weighted by Gasteiger charge is -1.97. The predicted octanol–water partition coefficient (Wildman–Crippen LogP) is 2.35. The molecule has 0 aliphatic carbocycles. The van der Waals surface area contributed by atoms with Crippen molar-refractivity contribution in [2.45, 2.75) is 32.1 Å². The van der Waals surface area contributed by atoms with Crippen LogP contribution in [0.3, 0.4) is 0 Å². The minimum Gasteiger partial charge on any atom is -0.481 e. The molecule has 0 bridgehead atoms. The Morgan fingerprint density at radius 1 is 0.964 bits per heavy atom. The molecule has 0 fully saturated rings. The number of aromatic nitrogens is 2. The third-order valence-electron chi connectivity index (χ3n) is 3.24. The Kier molecular flexibility index (Phi) is 10.9. The number of rotatable bonds is 9. The van der Waals surface area contributed by atoms with E-state index in [-0.39, 0.29) is 18.7 Å². The molecule has 0 radical (unpaired) electrons. The molecular formula is C19H22N4O5. The summed E-state index contributed by atoms with van der Waals surface area (Å²) in [6.07, 6.45) is 8.50. The van der Waals surface area contributed by atoms with Gasteiger partial charge in [0.05, 0.1) is 6.21 Å². The van der Waals surface area contributed by atoms with Gasteiger partial charge in [-0.05, 0) is 31.0 Å². The van der Waals surface area contributed by atoms with E-state index < -0.39 is 11.9 Å². The van der Waals surface area contributed by atoms with Crippen molar-refractivity contribution in [2.75, 3.05) is 0 Å². The highest BCUT2D eigenvalue weighted by Crippen LogP contribution is 2.02. The molecule has 148 valence electrons. The summed E-state index contributed by atoms with van der Waals surface area (Å²) in [6.45, 7) is 0. The number of aliphatic carboxylic acids is 2. The molecule has 0 saturated heterocycles. The summed E-state index contributed by atoms with van der Waals surface area (Å²) in [5.41, 5.74) is 3.53. The van der Waals surface area contributed by atoms with Crippen LogP contribution in [0.15, 0.2) is 54.0 Å². The minimum atomic E-state index is -0.819. The first-order valence-corrected chi connectivity index (χ1v) is 8.57. The van der Waals surface area contributed by atoms with E-state index in [4.69, 9.17) is 10.2 Å². The van der Waals surface area contributed by atoms with E-state index in [2.05, 4.69) is 20.5 Å². The second-order valence-electron chi connectivity index (χ2n) is 5.55. The fourth-order valence-electron chi connectivity index (χ4n) is 1.90. The van der Waals surface area contributed by atoms with Crippen LogP contribution in [0.25, 0.3) is 0 Å². The molecule has 28 heavy (non-hydrogen) atoms. The molecule has 0 aromatic carbocycles. The van der Waals surface area contributed by atoms with E-state index in [1.807, 2.05) is 6.07 Å². The second-order valence-corrected chi connectivity index (χ2v) is 5.55. The molecule has 2 aromatic heterocycles. The van der Waals surface area contributed by atoms with E-state index in [9.17, 15) is 14.4 Å². The second kappa shape index (κ2) is 13.6. The highest BCUT2D eigenvalue weighted by Gasteiger charge is 2.03. The van der Waals surface area contributed by atoms with Crippen LogP contribution in [0.1, 0.15) is 48.2 Å². The number of carbonyl (C=O) groups excluding carboxylic acids is 1. The number of carboxylic acid groups (broad SMARTS) is 2. The summed E-state index contributed by atoms with van der Waals surface area (Å²) in [4.78, 5) is 39.3. The smallest absolute Gasteiger partial charge is 0.303 e. The Morgan fingerprint density at radius 3 is 2.21 bits per heavy atom. The van der Waals surface area contributed by atoms with Crippen LogP contribution >= 0.6 is 0 Å². The zero-order chi connectivity index (χ0) is 20.6. The van der Waals surface area contributed by atoms with Gasteiger partial charge in [0.1, 0.15) is 5.69 Å². The first-order valence-electron chi connectivity index (χ1n) is 8.57. The highest BCUT2D eigenvalue weighted by molar-refractivity contribution is 5.92. The van der Waals surface area contributed by atoms with Crippen molar-refractivity contribution in [2.24, 2.45) is 5.10 Å². The molecule has 2 aromatic rings. The molecular weight excluding hydrogens is 364 g/mol. The topological polar surface area (TPSA) is 142 Å². The quantitative estimate of drug-likeness (QED) is 0.341.